The molecule has 0 saturated carbocycles. The molecule has 0 radical (unpaired) electrons. The number of nitrogens with zero attached hydrogens (tertiary/aromatic N) is 2. The van der Waals surface area contributed by atoms with Crippen LogP contribution in [0.15, 0.2) is 12.5 Å². The molecule has 0 amide bonds. The van der Waals surface area contributed by atoms with Crippen molar-refractivity contribution in [1.29, 1.82) is 0 Å². The summed E-state index contributed by atoms with van der Waals surface area (Å²) in [6.45, 7) is 2.97. The summed E-state index contributed by atoms with van der Waals surface area (Å²) in [4.78, 5) is 11.3. The van der Waals surface area contributed by atoms with Gasteiger partial charge in [-0.15, -0.1) is 0 Å². The molecule has 0 aliphatic rings. The summed E-state index contributed by atoms with van der Waals surface area (Å²) in [7, 11) is 0. The Hall–Kier alpha value is -1.31. The van der Waals surface area contributed by atoms with Gasteiger partial charge in [0.15, 0.2) is 5.82 Å². The van der Waals surface area contributed by atoms with Crippen molar-refractivity contribution >= 4 is 28.6 Å². The van der Waals surface area contributed by atoms with Crippen molar-refractivity contribution in [1.82, 2.24) is 20.3 Å². The minimum Gasteiger partial charge on any atom is -0.395 e. The second-order valence-electron chi connectivity index (χ2n) is 4.99. The molecular weight excluding hydrogens is 286 g/mol. The van der Waals surface area contributed by atoms with Gasteiger partial charge >= 0.3 is 0 Å². The fraction of sp³-hybridized carbons (Fsp3) is 0.571. The minimum absolute atomic E-state index is 0.0935. The molecule has 0 aromatic carbocycles. The van der Waals surface area contributed by atoms with Crippen LogP contribution in [0.3, 0.4) is 0 Å². The van der Waals surface area contributed by atoms with Crippen LogP contribution in [-0.2, 0) is 6.54 Å². The first-order valence-corrected chi connectivity index (χ1v) is 8.40. The fourth-order valence-corrected chi connectivity index (χ4v) is 3.22. The number of nitrogens with one attached hydrogen (secondary N) is 2. The SMILES string of the molecule is CCCCSCC(CO)NCc1c[nH]c2c(N)ncnc12. The number of nitrogens with two attached hydrogens (primary N) is 1. The van der Waals surface area contributed by atoms with Gasteiger partial charge in [0, 0.05) is 30.1 Å². The Morgan fingerprint density at radius 1 is 1.48 bits per heavy atom. The number of fused-ring (bicyclic) bond motifs is 1. The summed E-state index contributed by atoms with van der Waals surface area (Å²) >= 11 is 1.88. The largest absolute Gasteiger partial charge is 0.395 e. The molecule has 0 saturated heterocycles. The van der Waals surface area contributed by atoms with Gasteiger partial charge in [-0.2, -0.15) is 11.8 Å². The Balaban J connectivity index is 1.89. The van der Waals surface area contributed by atoms with E-state index in [1.165, 1.54) is 19.2 Å². The normalized spacial score (nSPS) is 12.9. The molecule has 1 atom stereocenters. The van der Waals surface area contributed by atoms with Crippen molar-refractivity contribution in [2.24, 2.45) is 0 Å². The highest BCUT2D eigenvalue weighted by atomic mass is 32.2. The highest BCUT2D eigenvalue weighted by Gasteiger charge is 2.11. The standard InChI is InChI=1S/C14H23N5OS/c1-2-3-4-21-8-11(7-20)16-5-10-6-17-13-12(10)18-9-19-14(13)15/h6,9,11,16-17,20H,2-5,7-8H2,1H3,(H2,15,18,19). The van der Waals surface area contributed by atoms with Crippen molar-refractivity contribution in [2.75, 3.05) is 23.8 Å². The predicted molar refractivity (Wildman–Crippen MR) is 88.2 cm³/mol. The lowest BCUT2D eigenvalue weighted by Gasteiger charge is -2.15. The topological polar surface area (TPSA) is 99.8 Å². The monoisotopic (exact) mass is 309 g/mol. The van der Waals surface area contributed by atoms with Gasteiger partial charge in [0.2, 0.25) is 0 Å². The first-order valence-electron chi connectivity index (χ1n) is 7.24. The molecule has 2 aromatic rings. The highest BCUT2D eigenvalue weighted by molar-refractivity contribution is 7.99. The third-order valence-electron chi connectivity index (χ3n) is 3.33. The van der Waals surface area contributed by atoms with E-state index < -0.39 is 0 Å². The Kier molecular flexibility index (Phi) is 6.28. The van der Waals surface area contributed by atoms with E-state index in [1.807, 2.05) is 18.0 Å². The van der Waals surface area contributed by atoms with Crippen LogP contribution >= 0.6 is 11.8 Å². The molecule has 7 heteroatoms. The van der Waals surface area contributed by atoms with Gasteiger partial charge in [0.1, 0.15) is 11.8 Å². The highest BCUT2D eigenvalue weighted by Crippen LogP contribution is 2.19. The second kappa shape index (κ2) is 8.21. The quantitative estimate of drug-likeness (QED) is 0.524. The summed E-state index contributed by atoms with van der Waals surface area (Å²) in [5.41, 5.74) is 8.45. The number of hydrogen-bond donors (Lipinski definition) is 4. The summed E-state index contributed by atoms with van der Waals surface area (Å²) in [6, 6.07) is 0.0935. The first-order chi connectivity index (χ1) is 10.3. The molecule has 21 heavy (non-hydrogen) atoms. The maximum Gasteiger partial charge on any atom is 0.151 e. The molecule has 2 aromatic heterocycles. The molecular formula is C14H23N5OS. The predicted octanol–water partition coefficient (Wildman–Crippen LogP) is 1.52. The van der Waals surface area contributed by atoms with Crippen LogP contribution in [-0.4, -0.2) is 44.2 Å². The van der Waals surface area contributed by atoms with E-state index in [-0.39, 0.29) is 12.6 Å². The van der Waals surface area contributed by atoms with E-state index in [9.17, 15) is 5.11 Å². The van der Waals surface area contributed by atoms with E-state index >= 15 is 0 Å². The average Bonchev–Trinajstić information content (AvgIpc) is 2.91. The molecule has 6 nitrogen and oxygen atoms in total. The molecule has 2 heterocycles. The number of anilines is 1. The maximum atomic E-state index is 9.44. The van der Waals surface area contributed by atoms with Gasteiger partial charge in [-0.25, -0.2) is 9.97 Å². The summed E-state index contributed by atoms with van der Waals surface area (Å²) in [6.07, 6.45) is 5.79. The van der Waals surface area contributed by atoms with E-state index in [2.05, 4.69) is 27.2 Å². The molecule has 0 aliphatic carbocycles. The first kappa shape index (κ1) is 16.1. The van der Waals surface area contributed by atoms with Gasteiger partial charge in [-0.05, 0) is 12.2 Å². The van der Waals surface area contributed by atoms with Crippen LogP contribution in [0.4, 0.5) is 5.82 Å². The Morgan fingerprint density at radius 2 is 2.33 bits per heavy atom. The Morgan fingerprint density at radius 3 is 3.10 bits per heavy atom. The molecule has 5 N–H and O–H groups in total. The van der Waals surface area contributed by atoms with Gasteiger partial charge < -0.3 is 21.1 Å². The van der Waals surface area contributed by atoms with Gasteiger partial charge in [0.05, 0.1) is 12.1 Å². The molecule has 1 unspecified atom stereocenters. The number of unbranched alkanes of at least 4 members (excludes halogenated alkanes) is 1. The number of aliphatic hydroxyl groups is 1. The van der Waals surface area contributed by atoms with Crippen LogP contribution in [0.5, 0.6) is 0 Å². The summed E-state index contributed by atoms with van der Waals surface area (Å²) < 4.78 is 0. The lowest BCUT2D eigenvalue weighted by molar-refractivity contribution is 0.253. The van der Waals surface area contributed by atoms with Gasteiger partial charge in [-0.3, -0.25) is 0 Å². The maximum absolute atomic E-state index is 9.44. The fourth-order valence-electron chi connectivity index (χ4n) is 2.05. The molecule has 0 aliphatic heterocycles. The smallest absolute Gasteiger partial charge is 0.151 e. The zero-order chi connectivity index (χ0) is 15.1. The van der Waals surface area contributed by atoms with Crippen LogP contribution in [0.1, 0.15) is 25.3 Å². The number of thioether (sulfide) groups is 1. The van der Waals surface area contributed by atoms with E-state index in [0.717, 1.165) is 28.1 Å². The van der Waals surface area contributed by atoms with Gasteiger partial charge in [0.25, 0.3) is 0 Å². The summed E-state index contributed by atoms with van der Waals surface area (Å²) in [5, 5.41) is 12.8. The van der Waals surface area contributed by atoms with Crippen LogP contribution in [0.25, 0.3) is 11.0 Å². The molecule has 0 bridgehead atoms. The van der Waals surface area contributed by atoms with Crippen molar-refractivity contribution < 1.29 is 5.11 Å². The number of aromatic amines is 1. The number of nitrogen functional groups attached to an aromatic ring is 1. The number of aliphatic hydroxyl groups excluding tert-OH is 1. The van der Waals surface area contributed by atoms with E-state index in [4.69, 9.17) is 5.73 Å². The van der Waals surface area contributed by atoms with Crippen molar-refractivity contribution in [3.8, 4) is 0 Å². The Labute approximate surface area is 128 Å². The number of rotatable bonds is 9. The number of H-pyrrole nitrogens is 1. The molecule has 0 fully saturated rings. The third kappa shape index (κ3) is 4.33. The lowest BCUT2D eigenvalue weighted by Crippen LogP contribution is -2.34. The van der Waals surface area contributed by atoms with Gasteiger partial charge in [-0.1, -0.05) is 13.3 Å². The molecule has 116 valence electrons. The molecule has 0 spiro atoms. The number of hydrogen-bond acceptors (Lipinski definition) is 6. The Bertz CT molecular complexity index is 559. The van der Waals surface area contributed by atoms with Crippen LogP contribution < -0.4 is 11.1 Å². The van der Waals surface area contributed by atoms with Crippen molar-refractivity contribution in [3.63, 3.8) is 0 Å². The van der Waals surface area contributed by atoms with Crippen LogP contribution in [0.2, 0.25) is 0 Å². The van der Waals surface area contributed by atoms with E-state index in [1.54, 1.807) is 0 Å². The molecule has 2 rings (SSSR count). The average molecular weight is 309 g/mol. The summed E-state index contributed by atoms with van der Waals surface area (Å²) in [5.74, 6) is 2.52. The number of aromatic nitrogens is 3. The third-order valence-corrected chi connectivity index (χ3v) is 4.55. The minimum atomic E-state index is 0.0935. The van der Waals surface area contributed by atoms with Crippen molar-refractivity contribution in [2.45, 2.75) is 32.4 Å². The van der Waals surface area contributed by atoms with Crippen molar-refractivity contribution in [3.05, 3.63) is 18.1 Å². The van der Waals surface area contributed by atoms with E-state index in [0.29, 0.717) is 12.4 Å². The second-order valence-corrected chi connectivity index (χ2v) is 6.14. The van der Waals surface area contributed by atoms with Crippen LogP contribution in [0, 0.1) is 0 Å². The zero-order valence-electron chi connectivity index (χ0n) is 12.3. The lowest BCUT2D eigenvalue weighted by atomic mass is 10.2. The zero-order valence-corrected chi connectivity index (χ0v) is 13.1.